The molecule has 0 aliphatic carbocycles. The Balaban J connectivity index is 1.77. The normalized spacial score (nSPS) is 12.5. The van der Waals surface area contributed by atoms with Crippen molar-refractivity contribution < 1.29 is 19.1 Å². The largest absolute Gasteiger partial charge is 0.486 e. The monoisotopic (exact) mass is 443 g/mol. The first-order chi connectivity index (χ1) is 13.1. The topological polar surface area (TPSA) is 64.6 Å². The molecule has 2 aromatic carbocycles. The van der Waals surface area contributed by atoms with Crippen molar-refractivity contribution in [2.45, 2.75) is 0 Å². The van der Waals surface area contributed by atoms with Crippen molar-refractivity contribution in [3.8, 4) is 11.5 Å². The van der Waals surface area contributed by atoms with Crippen LogP contribution in [-0.2, 0) is 0 Å². The minimum Gasteiger partial charge on any atom is -0.486 e. The minimum atomic E-state index is -0.275. The Morgan fingerprint density at radius 1 is 0.963 bits per heavy atom. The number of amides is 1. The molecule has 1 aliphatic rings. The standard InChI is InChI=1S/C20H14BrNO4S/c21-14-5-2-1-4-12(14)19(23)13-10-16-17(26-8-7-25-16)11-15(13)22-20(24)18-6-3-9-27-18/h1-6,9-11H,7-8H2,(H,22,24). The van der Waals surface area contributed by atoms with Gasteiger partial charge in [-0.2, -0.15) is 0 Å². The van der Waals surface area contributed by atoms with E-state index in [1.165, 1.54) is 11.3 Å². The van der Waals surface area contributed by atoms with Crippen LogP contribution in [0.25, 0.3) is 0 Å². The van der Waals surface area contributed by atoms with Gasteiger partial charge in [0, 0.05) is 16.1 Å². The summed E-state index contributed by atoms with van der Waals surface area (Å²) in [4.78, 5) is 26.3. The SMILES string of the molecule is O=C(Nc1cc2c(cc1C(=O)c1ccccc1Br)OCCO2)c1cccs1. The number of carbonyl (C=O) groups excluding carboxylic acids is 2. The molecule has 0 radical (unpaired) electrons. The highest BCUT2D eigenvalue weighted by Gasteiger charge is 2.23. The van der Waals surface area contributed by atoms with Crippen LogP contribution in [-0.4, -0.2) is 24.9 Å². The summed E-state index contributed by atoms with van der Waals surface area (Å²) in [5.41, 5.74) is 1.23. The van der Waals surface area contributed by atoms with Crippen LogP contribution in [0, 0.1) is 0 Å². The molecule has 0 atom stereocenters. The fourth-order valence-electron chi connectivity index (χ4n) is 2.76. The Morgan fingerprint density at radius 2 is 1.70 bits per heavy atom. The number of fused-ring (bicyclic) bond motifs is 1. The van der Waals surface area contributed by atoms with Gasteiger partial charge in [-0.3, -0.25) is 9.59 Å². The van der Waals surface area contributed by atoms with Crippen LogP contribution in [0.15, 0.2) is 58.4 Å². The molecule has 1 amide bonds. The predicted molar refractivity (Wildman–Crippen MR) is 107 cm³/mol. The molecule has 1 aromatic heterocycles. The summed E-state index contributed by atoms with van der Waals surface area (Å²) >= 11 is 4.75. The molecular formula is C20H14BrNO4S. The molecule has 27 heavy (non-hydrogen) atoms. The molecule has 0 spiro atoms. The Hall–Kier alpha value is -2.64. The fraction of sp³-hybridized carbons (Fsp3) is 0.100. The first-order valence-corrected chi connectivity index (χ1v) is 9.88. The van der Waals surface area contributed by atoms with Crippen molar-refractivity contribution in [2.75, 3.05) is 18.5 Å². The number of rotatable bonds is 4. The van der Waals surface area contributed by atoms with Crippen LogP contribution in [0.2, 0.25) is 0 Å². The smallest absolute Gasteiger partial charge is 0.265 e. The average molecular weight is 444 g/mol. The summed E-state index contributed by atoms with van der Waals surface area (Å²) in [6.45, 7) is 0.833. The van der Waals surface area contributed by atoms with Crippen LogP contribution >= 0.6 is 27.3 Å². The average Bonchev–Trinajstić information content (AvgIpc) is 3.22. The van der Waals surface area contributed by atoms with E-state index in [4.69, 9.17) is 9.47 Å². The number of hydrogen-bond acceptors (Lipinski definition) is 5. The number of nitrogens with one attached hydrogen (secondary N) is 1. The van der Waals surface area contributed by atoms with Crippen molar-refractivity contribution in [1.29, 1.82) is 0 Å². The van der Waals surface area contributed by atoms with Gasteiger partial charge in [-0.05, 0) is 29.6 Å². The van der Waals surface area contributed by atoms with Gasteiger partial charge in [0.1, 0.15) is 13.2 Å². The van der Waals surface area contributed by atoms with E-state index < -0.39 is 0 Å². The van der Waals surface area contributed by atoms with Gasteiger partial charge in [0.2, 0.25) is 0 Å². The third kappa shape index (κ3) is 3.61. The Labute approximate surface area is 168 Å². The third-order valence-electron chi connectivity index (χ3n) is 4.04. The lowest BCUT2D eigenvalue weighted by molar-refractivity contribution is 0.103. The zero-order valence-electron chi connectivity index (χ0n) is 14.0. The molecule has 0 saturated carbocycles. The van der Waals surface area contributed by atoms with Crippen LogP contribution in [0.1, 0.15) is 25.6 Å². The second-order valence-electron chi connectivity index (χ2n) is 5.78. The molecule has 3 aromatic rings. The van der Waals surface area contributed by atoms with Crippen molar-refractivity contribution >= 4 is 44.6 Å². The number of anilines is 1. The van der Waals surface area contributed by atoms with Crippen molar-refractivity contribution in [2.24, 2.45) is 0 Å². The summed E-state index contributed by atoms with van der Waals surface area (Å²) in [5, 5.41) is 4.66. The van der Waals surface area contributed by atoms with E-state index in [0.717, 1.165) is 0 Å². The maximum Gasteiger partial charge on any atom is 0.265 e. The maximum absolute atomic E-state index is 13.2. The molecule has 0 fully saturated rings. The van der Waals surface area contributed by atoms with Crippen LogP contribution < -0.4 is 14.8 Å². The number of halogens is 1. The number of carbonyl (C=O) groups is 2. The second-order valence-corrected chi connectivity index (χ2v) is 7.58. The number of thiophene rings is 1. The summed E-state index contributed by atoms with van der Waals surface area (Å²) in [5.74, 6) is 0.501. The van der Waals surface area contributed by atoms with Gasteiger partial charge in [0.25, 0.3) is 5.91 Å². The Bertz CT molecular complexity index is 1020. The molecule has 136 valence electrons. The summed E-state index contributed by atoms with van der Waals surface area (Å²) in [7, 11) is 0. The molecule has 0 saturated heterocycles. The van der Waals surface area contributed by atoms with Crippen LogP contribution in [0.4, 0.5) is 5.69 Å². The minimum absolute atomic E-state index is 0.221. The van der Waals surface area contributed by atoms with E-state index in [-0.39, 0.29) is 11.7 Å². The van der Waals surface area contributed by atoms with Gasteiger partial charge >= 0.3 is 0 Å². The van der Waals surface area contributed by atoms with E-state index in [0.29, 0.717) is 50.9 Å². The van der Waals surface area contributed by atoms with Crippen molar-refractivity contribution in [3.05, 3.63) is 74.4 Å². The zero-order valence-corrected chi connectivity index (χ0v) is 16.4. The number of ether oxygens (including phenoxy) is 2. The van der Waals surface area contributed by atoms with Crippen LogP contribution in [0.5, 0.6) is 11.5 Å². The molecule has 1 N–H and O–H groups in total. The predicted octanol–water partition coefficient (Wildman–Crippen LogP) is 4.77. The highest BCUT2D eigenvalue weighted by molar-refractivity contribution is 9.10. The Kier molecular flexibility index (Phi) is 4.96. The quantitative estimate of drug-likeness (QED) is 0.590. The lowest BCUT2D eigenvalue weighted by atomic mass is 10.0. The molecule has 0 bridgehead atoms. The third-order valence-corrected chi connectivity index (χ3v) is 5.60. The first kappa shape index (κ1) is 17.8. The van der Waals surface area contributed by atoms with E-state index in [2.05, 4.69) is 21.2 Å². The number of ketones is 1. The summed E-state index contributed by atoms with van der Waals surface area (Å²) < 4.78 is 11.9. The van der Waals surface area contributed by atoms with Crippen LogP contribution in [0.3, 0.4) is 0 Å². The van der Waals surface area contributed by atoms with E-state index in [9.17, 15) is 9.59 Å². The second kappa shape index (κ2) is 7.54. The highest BCUT2D eigenvalue weighted by atomic mass is 79.9. The van der Waals surface area contributed by atoms with Gasteiger partial charge in [0.15, 0.2) is 17.3 Å². The molecule has 5 nitrogen and oxygen atoms in total. The first-order valence-electron chi connectivity index (χ1n) is 8.21. The Morgan fingerprint density at radius 3 is 2.41 bits per heavy atom. The van der Waals surface area contributed by atoms with Gasteiger partial charge < -0.3 is 14.8 Å². The zero-order chi connectivity index (χ0) is 18.8. The number of hydrogen-bond donors (Lipinski definition) is 1. The lowest BCUT2D eigenvalue weighted by Crippen LogP contribution is -2.19. The van der Waals surface area contributed by atoms with Gasteiger partial charge in [0.05, 0.1) is 16.1 Å². The molecular weight excluding hydrogens is 430 g/mol. The number of benzene rings is 2. The molecule has 7 heteroatoms. The van der Waals surface area contributed by atoms with Gasteiger partial charge in [-0.25, -0.2) is 0 Å². The van der Waals surface area contributed by atoms with Gasteiger partial charge in [-0.15, -0.1) is 11.3 Å². The fourth-order valence-corrected chi connectivity index (χ4v) is 3.85. The van der Waals surface area contributed by atoms with E-state index >= 15 is 0 Å². The molecule has 4 rings (SSSR count). The van der Waals surface area contributed by atoms with Gasteiger partial charge in [-0.1, -0.05) is 34.1 Å². The molecule has 2 heterocycles. The van der Waals surface area contributed by atoms with Crippen molar-refractivity contribution in [1.82, 2.24) is 0 Å². The molecule has 1 aliphatic heterocycles. The molecule has 0 unspecified atom stereocenters. The maximum atomic E-state index is 13.2. The van der Waals surface area contributed by atoms with Crippen molar-refractivity contribution in [3.63, 3.8) is 0 Å². The highest BCUT2D eigenvalue weighted by Crippen LogP contribution is 2.37. The summed E-state index contributed by atoms with van der Waals surface area (Å²) in [6, 6.07) is 14.0. The lowest BCUT2D eigenvalue weighted by Gasteiger charge is -2.21. The van der Waals surface area contributed by atoms with E-state index in [1.807, 2.05) is 11.4 Å². The van der Waals surface area contributed by atoms with E-state index in [1.54, 1.807) is 42.5 Å². The summed E-state index contributed by atoms with van der Waals surface area (Å²) in [6.07, 6.45) is 0.